The quantitative estimate of drug-likeness (QED) is 0.699. The first-order valence-corrected chi connectivity index (χ1v) is 8.83. The molecule has 122 valence electrons. The topological polar surface area (TPSA) is 69.6 Å². The average Bonchev–Trinajstić information content (AvgIpc) is 2.96. The highest BCUT2D eigenvalue weighted by Crippen LogP contribution is 2.52. The molecule has 5 nitrogen and oxygen atoms in total. The summed E-state index contributed by atoms with van der Waals surface area (Å²) in [6, 6.07) is 10.6. The van der Waals surface area contributed by atoms with Crippen LogP contribution in [-0.2, 0) is 15.2 Å². The van der Waals surface area contributed by atoms with Crippen LogP contribution in [0.3, 0.4) is 0 Å². The number of nitrogens with one attached hydrogen (secondary N) is 1. The Morgan fingerprint density at radius 1 is 1.12 bits per heavy atom. The molecule has 0 saturated heterocycles. The van der Waals surface area contributed by atoms with Crippen LogP contribution in [0.1, 0.15) is 17.0 Å². The van der Waals surface area contributed by atoms with Crippen molar-refractivity contribution in [1.82, 2.24) is 0 Å². The van der Waals surface area contributed by atoms with Crippen molar-refractivity contribution in [3.8, 4) is 0 Å². The Morgan fingerprint density at radius 3 is 2.54 bits per heavy atom. The Hall–Kier alpha value is -1.70. The first kappa shape index (κ1) is 15.8. The predicted octanol–water partition coefficient (Wildman–Crippen LogP) is 3.11. The van der Waals surface area contributed by atoms with Crippen LogP contribution in [0, 0.1) is 0 Å². The number of rotatable bonds is 1. The van der Waals surface area contributed by atoms with Gasteiger partial charge in [0.15, 0.2) is 5.60 Å². The zero-order valence-electron chi connectivity index (χ0n) is 12.5. The maximum absolute atomic E-state index is 12.9. The maximum atomic E-state index is 12.9. The summed E-state index contributed by atoms with van der Waals surface area (Å²) in [5.41, 5.74) is 0.301. The highest BCUT2D eigenvalue weighted by molar-refractivity contribution is 9.10. The van der Waals surface area contributed by atoms with Crippen LogP contribution in [0.25, 0.3) is 0 Å². The van der Waals surface area contributed by atoms with E-state index in [9.17, 15) is 14.7 Å². The highest BCUT2D eigenvalue weighted by atomic mass is 79.9. The number of carbonyl (C=O) groups is 2. The molecule has 2 aromatic carbocycles. The Balaban J connectivity index is 1.97. The van der Waals surface area contributed by atoms with Crippen molar-refractivity contribution in [1.29, 1.82) is 0 Å². The van der Waals surface area contributed by atoms with Gasteiger partial charge in [0.1, 0.15) is 5.92 Å². The second kappa shape index (κ2) is 5.15. The second-order valence-corrected chi connectivity index (χ2v) is 7.78. The Kier molecular flexibility index (Phi) is 3.39. The number of amides is 2. The van der Waals surface area contributed by atoms with Crippen molar-refractivity contribution in [3.63, 3.8) is 0 Å². The molecule has 0 unspecified atom stereocenters. The van der Waals surface area contributed by atoms with E-state index in [-0.39, 0.29) is 5.91 Å². The normalized spacial score (nSPS) is 24.8. The molecule has 0 bridgehead atoms. The van der Waals surface area contributed by atoms with Gasteiger partial charge in [0.2, 0.25) is 5.91 Å². The van der Waals surface area contributed by atoms with Crippen molar-refractivity contribution in [2.75, 3.05) is 17.3 Å². The first-order chi connectivity index (χ1) is 11.3. The van der Waals surface area contributed by atoms with Gasteiger partial charge in [0.25, 0.3) is 5.91 Å². The molecule has 0 saturated carbocycles. The number of aliphatic hydroxyl groups is 1. The minimum Gasteiger partial charge on any atom is -0.374 e. The van der Waals surface area contributed by atoms with E-state index < -0.39 is 17.4 Å². The smallest absolute Gasteiger partial charge is 0.264 e. The first-order valence-electron chi connectivity index (χ1n) is 7.25. The summed E-state index contributed by atoms with van der Waals surface area (Å²) in [5, 5.41) is 14.2. The van der Waals surface area contributed by atoms with E-state index in [4.69, 9.17) is 0 Å². The fourth-order valence-corrected chi connectivity index (χ4v) is 4.25. The molecule has 2 aromatic rings. The number of hydrogen-bond acceptors (Lipinski definition) is 3. The summed E-state index contributed by atoms with van der Waals surface area (Å²) in [4.78, 5) is 26.9. The van der Waals surface area contributed by atoms with Gasteiger partial charge in [-0.1, -0.05) is 31.9 Å². The van der Waals surface area contributed by atoms with Crippen LogP contribution >= 0.6 is 31.9 Å². The van der Waals surface area contributed by atoms with Crippen LogP contribution < -0.4 is 10.2 Å². The van der Waals surface area contributed by atoms with Crippen molar-refractivity contribution in [2.24, 2.45) is 0 Å². The van der Waals surface area contributed by atoms with Gasteiger partial charge in [-0.15, -0.1) is 0 Å². The standard InChI is InChI=1S/C17H12Br2N2O3/c1-21-13-5-3-9(19)7-11(13)17(24,16(21)23)14-10-6-8(18)2-4-12(10)20-15(14)22/h2-7,14,24H,1H3,(H,20,22)/t14-,17-/m1/s1. The van der Waals surface area contributed by atoms with E-state index >= 15 is 0 Å². The predicted molar refractivity (Wildman–Crippen MR) is 97.0 cm³/mol. The molecule has 2 atom stereocenters. The summed E-state index contributed by atoms with van der Waals surface area (Å²) in [7, 11) is 1.60. The third kappa shape index (κ3) is 1.95. The number of halogens is 2. The average molecular weight is 452 g/mol. The molecule has 2 aliphatic heterocycles. The van der Waals surface area contributed by atoms with Crippen molar-refractivity contribution in [2.45, 2.75) is 11.5 Å². The van der Waals surface area contributed by atoms with Gasteiger partial charge in [-0.05, 0) is 42.0 Å². The van der Waals surface area contributed by atoms with Gasteiger partial charge >= 0.3 is 0 Å². The minimum absolute atomic E-state index is 0.389. The summed E-state index contributed by atoms with van der Waals surface area (Å²) in [6.07, 6.45) is 0. The van der Waals surface area contributed by atoms with Gasteiger partial charge in [0.05, 0.1) is 5.69 Å². The van der Waals surface area contributed by atoms with Crippen LogP contribution in [0.15, 0.2) is 45.3 Å². The molecule has 24 heavy (non-hydrogen) atoms. The SMILES string of the molecule is CN1C(=O)[C@](O)([C@H]2C(=O)Nc3ccc(Br)cc32)c2cc(Br)ccc21. The lowest BCUT2D eigenvalue weighted by atomic mass is 9.78. The third-order valence-electron chi connectivity index (χ3n) is 4.62. The lowest BCUT2D eigenvalue weighted by Gasteiger charge is -2.27. The Labute approximate surface area is 154 Å². The fraction of sp³-hybridized carbons (Fsp3) is 0.176. The van der Waals surface area contributed by atoms with E-state index in [2.05, 4.69) is 37.2 Å². The van der Waals surface area contributed by atoms with Crippen molar-refractivity contribution >= 4 is 55.0 Å². The molecular formula is C17H12Br2N2O3. The molecule has 4 rings (SSSR count). The van der Waals surface area contributed by atoms with E-state index in [1.165, 1.54) is 4.90 Å². The number of nitrogens with zero attached hydrogens (tertiary/aromatic N) is 1. The third-order valence-corrected chi connectivity index (χ3v) is 5.61. The zero-order chi connectivity index (χ0) is 17.2. The number of carbonyl (C=O) groups excluding carboxylic acids is 2. The fourth-order valence-electron chi connectivity index (χ4n) is 3.51. The van der Waals surface area contributed by atoms with Crippen molar-refractivity contribution in [3.05, 3.63) is 56.5 Å². The van der Waals surface area contributed by atoms with Crippen LogP contribution in [0.2, 0.25) is 0 Å². The highest BCUT2D eigenvalue weighted by Gasteiger charge is 2.59. The lowest BCUT2D eigenvalue weighted by molar-refractivity contribution is -0.143. The van der Waals surface area contributed by atoms with Gasteiger partial charge in [-0.2, -0.15) is 0 Å². The van der Waals surface area contributed by atoms with E-state index in [0.29, 0.717) is 22.5 Å². The molecule has 0 radical (unpaired) electrons. The zero-order valence-corrected chi connectivity index (χ0v) is 15.7. The second-order valence-electron chi connectivity index (χ2n) is 5.95. The molecule has 2 aliphatic rings. The number of likely N-dealkylation sites (N-methyl/N-ethyl adjacent to an activating group) is 1. The number of benzene rings is 2. The summed E-state index contributed by atoms with van der Waals surface area (Å²) >= 11 is 6.76. The van der Waals surface area contributed by atoms with Crippen LogP contribution in [-0.4, -0.2) is 24.0 Å². The minimum atomic E-state index is -1.94. The molecule has 0 fully saturated rings. The van der Waals surface area contributed by atoms with E-state index in [0.717, 1.165) is 8.95 Å². The molecule has 0 spiro atoms. The number of fused-ring (bicyclic) bond motifs is 2. The maximum Gasteiger partial charge on any atom is 0.264 e. The van der Waals surface area contributed by atoms with Gasteiger partial charge in [-0.25, -0.2) is 0 Å². The largest absolute Gasteiger partial charge is 0.374 e. The van der Waals surface area contributed by atoms with Crippen molar-refractivity contribution < 1.29 is 14.7 Å². The van der Waals surface area contributed by atoms with E-state index in [1.807, 2.05) is 0 Å². The Bertz CT molecular complexity index is 915. The van der Waals surface area contributed by atoms with Gasteiger partial charge in [-0.3, -0.25) is 9.59 Å². The van der Waals surface area contributed by atoms with Gasteiger partial charge in [0, 0.05) is 27.2 Å². The number of anilines is 2. The summed E-state index contributed by atoms with van der Waals surface area (Å²) in [5.74, 6) is -1.90. The Morgan fingerprint density at radius 2 is 1.79 bits per heavy atom. The van der Waals surface area contributed by atoms with Crippen LogP contribution in [0.5, 0.6) is 0 Å². The molecule has 0 aliphatic carbocycles. The van der Waals surface area contributed by atoms with Crippen LogP contribution in [0.4, 0.5) is 11.4 Å². The molecule has 0 aromatic heterocycles. The molecular weight excluding hydrogens is 440 g/mol. The molecule has 2 N–H and O–H groups in total. The molecule has 2 amide bonds. The summed E-state index contributed by atoms with van der Waals surface area (Å²) in [6.45, 7) is 0. The number of hydrogen-bond donors (Lipinski definition) is 2. The van der Waals surface area contributed by atoms with E-state index in [1.54, 1.807) is 43.4 Å². The molecule has 7 heteroatoms. The van der Waals surface area contributed by atoms with Gasteiger partial charge < -0.3 is 15.3 Å². The molecule has 2 heterocycles. The monoisotopic (exact) mass is 450 g/mol. The lowest BCUT2D eigenvalue weighted by Crippen LogP contribution is -2.45. The summed E-state index contributed by atoms with van der Waals surface area (Å²) < 4.78 is 1.51.